The summed E-state index contributed by atoms with van der Waals surface area (Å²) in [6, 6.07) is 11.0. The molecule has 1 aromatic carbocycles. The van der Waals surface area contributed by atoms with Gasteiger partial charge in [-0.25, -0.2) is 0 Å². The van der Waals surface area contributed by atoms with Gasteiger partial charge in [-0.3, -0.25) is 4.79 Å². The third kappa shape index (κ3) is 3.37. The number of hydrogen-bond acceptors (Lipinski definition) is 4. The van der Waals surface area contributed by atoms with Crippen molar-refractivity contribution in [1.29, 1.82) is 0 Å². The van der Waals surface area contributed by atoms with Gasteiger partial charge in [-0.15, -0.1) is 10.2 Å². The van der Waals surface area contributed by atoms with E-state index in [0.29, 0.717) is 17.4 Å². The molecule has 0 unspecified atom stereocenters. The Bertz CT molecular complexity index is 619. The Balaban J connectivity index is 1.68. The van der Waals surface area contributed by atoms with Crippen LogP contribution in [0.1, 0.15) is 23.2 Å². The fraction of sp³-hybridized carbons (Fsp3) is 0.312. The Morgan fingerprint density at radius 1 is 1.19 bits per heavy atom. The number of rotatable bonds is 5. The standard InChI is InChI=1S/C16H17N3O2/c1-21-15-9-8-14(18-19-15)12-4-6-13(7-5-12)16(20)17-10-11-2-3-11/h4-9,11H,2-3,10H2,1H3,(H,17,20). The Kier molecular flexibility index (Phi) is 3.81. The molecule has 1 heterocycles. The van der Waals surface area contributed by atoms with Crippen molar-refractivity contribution in [3.63, 3.8) is 0 Å². The number of carbonyl (C=O) groups is 1. The van der Waals surface area contributed by atoms with E-state index in [4.69, 9.17) is 4.74 Å². The summed E-state index contributed by atoms with van der Waals surface area (Å²) in [6.45, 7) is 0.782. The Labute approximate surface area is 123 Å². The minimum atomic E-state index is -0.0192. The smallest absolute Gasteiger partial charge is 0.251 e. The molecule has 108 valence electrons. The zero-order valence-electron chi connectivity index (χ0n) is 11.9. The summed E-state index contributed by atoms with van der Waals surface area (Å²) in [5.41, 5.74) is 2.34. The quantitative estimate of drug-likeness (QED) is 0.914. The highest BCUT2D eigenvalue weighted by Gasteiger charge is 2.21. The largest absolute Gasteiger partial charge is 0.480 e. The van der Waals surface area contributed by atoms with E-state index in [-0.39, 0.29) is 5.91 Å². The molecule has 1 fully saturated rings. The average molecular weight is 283 g/mol. The lowest BCUT2D eigenvalue weighted by atomic mass is 10.1. The second-order valence-corrected chi connectivity index (χ2v) is 5.19. The third-order valence-electron chi connectivity index (χ3n) is 3.54. The highest BCUT2D eigenvalue weighted by atomic mass is 16.5. The van der Waals surface area contributed by atoms with Crippen LogP contribution in [0.5, 0.6) is 5.88 Å². The monoisotopic (exact) mass is 283 g/mol. The van der Waals surface area contributed by atoms with Crippen molar-refractivity contribution in [2.24, 2.45) is 5.92 Å². The molecule has 1 amide bonds. The van der Waals surface area contributed by atoms with Crippen molar-refractivity contribution < 1.29 is 9.53 Å². The molecule has 1 aromatic heterocycles. The van der Waals surface area contributed by atoms with E-state index in [1.807, 2.05) is 30.3 Å². The molecule has 5 heteroatoms. The van der Waals surface area contributed by atoms with Crippen LogP contribution in [0.4, 0.5) is 0 Å². The summed E-state index contributed by atoms with van der Waals surface area (Å²) in [7, 11) is 1.55. The minimum Gasteiger partial charge on any atom is -0.480 e. The van der Waals surface area contributed by atoms with Gasteiger partial charge in [-0.2, -0.15) is 0 Å². The molecular formula is C16H17N3O2. The van der Waals surface area contributed by atoms with Crippen LogP contribution >= 0.6 is 0 Å². The Morgan fingerprint density at radius 3 is 2.52 bits per heavy atom. The topological polar surface area (TPSA) is 64.1 Å². The van der Waals surface area contributed by atoms with Gasteiger partial charge in [0, 0.05) is 23.7 Å². The third-order valence-corrected chi connectivity index (χ3v) is 3.54. The zero-order chi connectivity index (χ0) is 14.7. The maximum atomic E-state index is 12.0. The van der Waals surface area contributed by atoms with Gasteiger partial charge in [0.1, 0.15) is 0 Å². The van der Waals surface area contributed by atoms with E-state index >= 15 is 0 Å². The van der Waals surface area contributed by atoms with Crippen LogP contribution in [0.25, 0.3) is 11.3 Å². The lowest BCUT2D eigenvalue weighted by molar-refractivity contribution is 0.0952. The van der Waals surface area contributed by atoms with Crippen LogP contribution in [0.2, 0.25) is 0 Å². The fourth-order valence-electron chi connectivity index (χ4n) is 2.04. The fourth-order valence-corrected chi connectivity index (χ4v) is 2.04. The second-order valence-electron chi connectivity index (χ2n) is 5.19. The van der Waals surface area contributed by atoms with E-state index in [1.54, 1.807) is 13.2 Å². The first kappa shape index (κ1) is 13.5. The van der Waals surface area contributed by atoms with Gasteiger partial charge in [0.25, 0.3) is 5.91 Å². The van der Waals surface area contributed by atoms with Crippen LogP contribution in [0.3, 0.4) is 0 Å². The van der Waals surface area contributed by atoms with Gasteiger partial charge in [-0.1, -0.05) is 12.1 Å². The van der Waals surface area contributed by atoms with E-state index in [2.05, 4.69) is 15.5 Å². The molecule has 0 saturated heterocycles. The second kappa shape index (κ2) is 5.91. The van der Waals surface area contributed by atoms with Crippen molar-refractivity contribution in [3.8, 4) is 17.1 Å². The van der Waals surface area contributed by atoms with Crippen LogP contribution < -0.4 is 10.1 Å². The Morgan fingerprint density at radius 2 is 1.95 bits per heavy atom. The van der Waals surface area contributed by atoms with Gasteiger partial charge in [-0.05, 0) is 37.0 Å². The van der Waals surface area contributed by atoms with E-state index in [1.165, 1.54) is 12.8 Å². The normalized spacial score (nSPS) is 13.8. The number of carbonyl (C=O) groups excluding carboxylic acids is 1. The zero-order valence-corrected chi connectivity index (χ0v) is 11.9. The molecule has 0 aliphatic heterocycles. The van der Waals surface area contributed by atoms with E-state index in [0.717, 1.165) is 17.8 Å². The number of ether oxygens (including phenoxy) is 1. The number of benzene rings is 1. The first-order chi connectivity index (χ1) is 10.3. The number of nitrogens with zero attached hydrogens (tertiary/aromatic N) is 2. The van der Waals surface area contributed by atoms with Crippen molar-refractivity contribution >= 4 is 5.91 Å². The molecule has 1 aliphatic rings. The molecule has 2 aromatic rings. The number of hydrogen-bond donors (Lipinski definition) is 1. The molecule has 1 aliphatic carbocycles. The predicted octanol–water partition coefficient (Wildman–Crippen LogP) is 2.29. The highest BCUT2D eigenvalue weighted by Crippen LogP contribution is 2.27. The maximum Gasteiger partial charge on any atom is 0.251 e. The maximum absolute atomic E-state index is 12.0. The summed E-state index contributed by atoms with van der Waals surface area (Å²) in [6.07, 6.45) is 2.46. The summed E-state index contributed by atoms with van der Waals surface area (Å²) in [5, 5.41) is 11.0. The summed E-state index contributed by atoms with van der Waals surface area (Å²) >= 11 is 0. The minimum absolute atomic E-state index is 0.0192. The van der Waals surface area contributed by atoms with Gasteiger partial charge in [0.2, 0.25) is 5.88 Å². The van der Waals surface area contributed by atoms with Gasteiger partial charge >= 0.3 is 0 Å². The van der Waals surface area contributed by atoms with Crippen LogP contribution in [0, 0.1) is 5.92 Å². The molecule has 5 nitrogen and oxygen atoms in total. The molecule has 0 radical (unpaired) electrons. The molecule has 1 saturated carbocycles. The van der Waals surface area contributed by atoms with E-state index < -0.39 is 0 Å². The molecule has 0 spiro atoms. The summed E-state index contributed by atoms with van der Waals surface area (Å²) < 4.78 is 4.98. The molecule has 0 bridgehead atoms. The number of amides is 1. The van der Waals surface area contributed by atoms with Crippen molar-refractivity contribution in [2.45, 2.75) is 12.8 Å². The van der Waals surface area contributed by atoms with Gasteiger partial charge in [0.15, 0.2) is 0 Å². The molecule has 1 N–H and O–H groups in total. The first-order valence-corrected chi connectivity index (χ1v) is 7.02. The first-order valence-electron chi connectivity index (χ1n) is 7.02. The lowest BCUT2D eigenvalue weighted by Gasteiger charge is -2.05. The van der Waals surface area contributed by atoms with Crippen molar-refractivity contribution in [2.75, 3.05) is 13.7 Å². The van der Waals surface area contributed by atoms with Crippen molar-refractivity contribution in [1.82, 2.24) is 15.5 Å². The number of methoxy groups -OCH3 is 1. The van der Waals surface area contributed by atoms with Crippen LogP contribution in [-0.4, -0.2) is 29.8 Å². The molecule has 3 rings (SSSR count). The van der Waals surface area contributed by atoms with Gasteiger partial charge in [0.05, 0.1) is 12.8 Å². The number of aromatic nitrogens is 2. The highest BCUT2D eigenvalue weighted by molar-refractivity contribution is 5.94. The number of nitrogens with one attached hydrogen (secondary N) is 1. The molecular weight excluding hydrogens is 266 g/mol. The van der Waals surface area contributed by atoms with Gasteiger partial charge < -0.3 is 10.1 Å². The average Bonchev–Trinajstić information content (AvgIpc) is 3.37. The molecule has 21 heavy (non-hydrogen) atoms. The van der Waals surface area contributed by atoms with Crippen LogP contribution in [-0.2, 0) is 0 Å². The lowest BCUT2D eigenvalue weighted by Crippen LogP contribution is -2.25. The summed E-state index contributed by atoms with van der Waals surface area (Å²) in [5.74, 6) is 1.15. The van der Waals surface area contributed by atoms with Crippen LogP contribution in [0.15, 0.2) is 36.4 Å². The predicted molar refractivity (Wildman–Crippen MR) is 79.1 cm³/mol. The SMILES string of the molecule is COc1ccc(-c2ccc(C(=O)NCC3CC3)cc2)nn1. The van der Waals surface area contributed by atoms with E-state index in [9.17, 15) is 4.79 Å². The van der Waals surface area contributed by atoms with Crippen molar-refractivity contribution in [3.05, 3.63) is 42.0 Å². The molecule has 0 atom stereocenters. The summed E-state index contributed by atoms with van der Waals surface area (Å²) in [4.78, 5) is 12.0. The Hall–Kier alpha value is -2.43.